The predicted octanol–water partition coefficient (Wildman–Crippen LogP) is 2.01. The smallest absolute Gasteiger partial charge is 0.195 e. The third-order valence-corrected chi connectivity index (χ3v) is 4.92. The fourth-order valence-corrected chi connectivity index (χ4v) is 5.10. The Balaban J connectivity index is 2.85. The van der Waals surface area contributed by atoms with E-state index in [1.165, 1.54) is 0 Å². The van der Waals surface area contributed by atoms with Crippen molar-refractivity contribution >= 4 is 56.2 Å². The minimum Gasteiger partial charge on any atom is -0.229 e. The number of hydrogen-bond donors (Lipinski definition) is 0. The Bertz CT molecular complexity index is 268. The first kappa shape index (κ1) is 11.2. The number of rotatable bonds is 0. The summed E-state index contributed by atoms with van der Waals surface area (Å²) in [4.78, 5) is 0. The van der Waals surface area contributed by atoms with Gasteiger partial charge in [0.2, 0.25) is 0 Å². The van der Waals surface area contributed by atoms with Crippen molar-refractivity contribution < 1.29 is 8.42 Å². The molecule has 1 rings (SSSR count). The molecular weight excluding hydrogens is 266 g/mol. The molecule has 1 aliphatic rings. The van der Waals surface area contributed by atoms with Gasteiger partial charge in [0.25, 0.3) is 0 Å². The van der Waals surface area contributed by atoms with E-state index in [1.54, 1.807) is 0 Å². The lowest BCUT2D eigenvalue weighted by atomic mass is 10.1. The van der Waals surface area contributed by atoms with Crippen LogP contribution in [-0.2, 0) is 9.84 Å². The van der Waals surface area contributed by atoms with Crippen LogP contribution < -0.4 is 0 Å². The molecule has 2 nitrogen and oxygen atoms in total. The average molecular weight is 272 g/mol. The van der Waals surface area contributed by atoms with Gasteiger partial charge in [-0.2, -0.15) is 0 Å². The fraction of sp³-hybridized carbons (Fsp3) is 1.00. The Labute approximate surface area is 91.0 Å². The summed E-state index contributed by atoms with van der Waals surface area (Å²) in [7, 11) is -3.11. The molecule has 1 saturated heterocycles. The Morgan fingerprint density at radius 1 is 1.17 bits per heavy atom. The molecule has 0 aromatic rings. The molecule has 1 fully saturated rings. The van der Waals surface area contributed by atoms with Crippen molar-refractivity contribution in [2.75, 3.05) is 11.5 Å². The van der Waals surface area contributed by atoms with Crippen molar-refractivity contribution in [2.24, 2.45) is 5.92 Å². The summed E-state index contributed by atoms with van der Waals surface area (Å²) < 4.78 is 20.5. The van der Waals surface area contributed by atoms with Crippen LogP contribution in [0.25, 0.3) is 0 Å². The van der Waals surface area contributed by atoms with E-state index in [0.717, 1.165) is 0 Å². The number of hydrogen-bond acceptors (Lipinski definition) is 2. The van der Waals surface area contributed by atoms with Crippen LogP contribution in [0.3, 0.4) is 0 Å². The van der Waals surface area contributed by atoms with Crippen molar-refractivity contribution in [3.05, 3.63) is 0 Å². The second-order valence-electron chi connectivity index (χ2n) is 2.74. The van der Waals surface area contributed by atoms with Gasteiger partial charge in [0, 0.05) is 5.92 Å². The van der Waals surface area contributed by atoms with Crippen LogP contribution in [0, 0.1) is 5.92 Å². The molecule has 7 heteroatoms. The van der Waals surface area contributed by atoms with Crippen LogP contribution in [-0.4, -0.2) is 29.1 Å². The molecular formula is C5H6Cl4O2S. The van der Waals surface area contributed by atoms with Gasteiger partial charge in [-0.1, -0.05) is 34.8 Å². The fourth-order valence-electron chi connectivity index (χ4n) is 1.10. The standard InChI is InChI=1S/C5H6Cl4O2S/c6-4-2-12(10,11)1-3(4)5(7,8)9/h3-4H,1-2H2/t3-,4+/m0/s1. The molecule has 0 aromatic heterocycles. The van der Waals surface area contributed by atoms with Crippen molar-refractivity contribution in [3.63, 3.8) is 0 Å². The van der Waals surface area contributed by atoms with Crippen molar-refractivity contribution in [1.29, 1.82) is 0 Å². The average Bonchev–Trinajstić information content (AvgIpc) is 2.03. The van der Waals surface area contributed by atoms with Gasteiger partial charge >= 0.3 is 0 Å². The minimum atomic E-state index is -3.11. The van der Waals surface area contributed by atoms with E-state index in [4.69, 9.17) is 46.4 Å². The number of alkyl halides is 4. The highest BCUT2D eigenvalue weighted by molar-refractivity contribution is 7.91. The maximum atomic E-state index is 11.0. The van der Waals surface area contributed by atoms with Crippen molar-refractivity contribution in [3.8, 4) is 0 Å². The Morgan fingerprint density at radius 2 is 1.67 bits per heavy atom. The van der Waals surface area contributed by atoms with E-state index in [0.29, 0.717) is 0 Å². The van der Waals surface area contributed by atoms with E-state index in [1.807, 2.05) is 0 Å². The lowest BCUT2D eigenvalue weighted by Crippen LogP contribution is -2.26. The van der Waals surface area contributed by atoms with Gasteiger partial charge in [0.15, 0.2) is 13.6 Å². The third kappa shape index (κ3) is 2.55. The lowest BCUT2D eigenvalue weighted by molar-refractivity contribution is 0.593. The molecule has 12 heavy (non-hydrogen) atoms. The van der Waals surface area contributed by atoms with E-state index in [-0.39, 0.29) is 11.5 Å². The quantitative estimate of drug-likeness (QED) is 0.632. The summed E-state index contributed by atoms with van der Waals surface area (Å²) in [5.74, 6) is -0.848. The molecule has 2 atom stereocenters. The summed E-state index contributed by atoms with van der Waals surface area (Å²) in [5.41, 5.74) is 0. The second kappa shape index (κ2) is 3.35. The Kier molecular flexibility index (Phi) is 3.13. The number of halogens is 4. The summed E-state index contributed by atoms with van der Waals surface area (Å²) >= 11 is 22.3. The zero-order valence-electron chi connectivity index (χ0n) is 5.81. The van der Waals surface area contributed by atoms with Crippen LogP contribution in [0.4, 0.5) is 0 Å². The van der Waals surface area contributed by atoms with Crippen LogP contribution in [0.1, 0.15) is 0 Å². The molecule has 0 N–H and O–H groups in total. The number of sulfone groups is 1. The summed E-state index contributed by atoms with van der Waals surface area (Å²) in [6.07, 6.45) is 0. The molecule has 72 valence electrons. The van der Waals surface area contributed by atoms with Gasteiger partial charge in [0.1, 0.15) is 0 Å². The summed E-state index contributed by atoms with van der Waals surface area (Å²) in [5, 5.41) is -0.595. The highest BCUT2D eigenvalue weighted by Gasteiger charge is 2.47. The third-order valence-electron chi connectivity index (χ3n) is 1.70. The highest BCUT2D eigenvalue weighted by Crippen LogP contribution is 2.42. The van der Waals surface area contributed by atoms with E-state index < -0.39 is 24.9 Å². The zero-order valence-corrected chi connectivity index (χ0v) is 9.65. The summed E-state index contributed by atoms with van der Waals surface area (Å²) in [6.45, 7) is 0. The first-order valence-corrected chi connectivity index (χ1v) is 6.53. The molecule has 0 bridgehead atoms. The van der Waals surface area contributed by atoms with E-state index in [9.17, 15) is 8.42 Å². The maximum absolute atomic E-state index is 11.0. The SMILES string of the molecule is O=S1(=O)C[C@@H](Cl)[C@@H](C(Cl)(Cl)Cl)C1. The molecule has 0 aromatic carbocycles. The van der Waals surface area contributed by atoms with Gasteiger partial charge in [0.05, 0.1) is 16.9 Å². The van der Waals surface area contributed by atoms with Gasteiger partial charge < -0.3 is 0 Å². The highest BCUT2D eigenvalue weighted by atomic mass is 35.6. The molecule has 0 saturated carbocycles. The van der Waals surface area contributed by atoms with Crippen LogP contribution in [0.5, 0.6) is 0 Å². The van der Waals surface area contributed by atoms with Gasteiger partial charge in [-0.25, -0.2) is 8.42 Å². The van der Waals surface area contributed by atoms with E-state index >= 15 is 0 Å². The monoisotopic (exact) mass is 270 g/mol. The van der Waals surface area contributed by atoms with Gasteiger partial charge in [-0.05, 0) is 0 Å². The molecule has 1 aliphatic heterocycles. The molecule has 0 radical (unpaired) electrons. The summed E-state index contributed by atoms with van der Waals surface area (Å²) in [6, 6.07) is 0. The van der Waals surface area contributed by atoms with Crippen LogP contribution >= 0.6 is 46.4 Å². The molecule has 0 aliphatic carbocycles. The first-order chi connectivity index (χ1) is 5.22. The molecule has 0 spiro atoms. The normalized spacial score (nSPS) is 35.3. The zero-order chi connectivity index (χ0) is 9.57. The minimum absolute atomic E-state index is 0.104. The maximum Gasteiger partial charge on any atom is 0.195 e. The Hall–Kier alpha value is 1.11. The Morgan fingerprint density at radius 3 is 1.83 bits per heavy atom. The van der Waals surface area contributed by atoms with Crippen molar-refractivity contribution in [2.45, 2.75) is 9.17 Å². The molecule has 0 amide bonds. The molecule has 0 unspecified atom stereocenters. The first-order valence-electron chi connectivity index (χ1n) is 3.13. The van der Waals surface area contributed by atoms with Crippen LogP contribution in [0.15, 0.2) is 0 Å². The lowest BCUT2D eigenvalue weighted by Gasteiger charge is -2.20. The van der Waals surface area contributed by atoms with E-state index in [2.05, 4.69) is 0 Å². The van der Waals surface area contributed by atoms with Crippen molar-refractivity contribution in [1.82, 2.24) is 0 Å². The van der Waals surface area contributed by atoms with Gasteiger partial charge in [-0.15, -0.1) is 11.6 Å². The van der Waals surface area contributed by atoms with Gasteiger partial charge in [-0.3, -0.25) is 0 Å². The van der Waals surface area contributed by atoms with Crippen LogP contribution in [0.2, 0.25) is 0 Å². The predicted molar refractivity (Wildman–Crippen MR) is 52.1 cm³/mol. The second-order valence-corrected chi connectivity index (χ2v) is 7.82. The largest absolute Gasteiger partial charge is 0.229 e. The topological polar surface area (TPSA) is 34.1 Å². The molecule has 1 heterocycles.